The van der Waals surface area contributed by atoms with E-state index < -0.39 is 24.4 Å². The van der Waals surface area contributed by atoms with E-state index in [1.54, 1.807) is 6.08 Å². The average molecular weight is 325 g/mol. The van der Waals surface area contributed by atoms with Crippen molar-refractivity contribution in [3.63, 3.8) is 0 Å². The van der Waals surface area contributed by atoms with Crippen LogP contribution in [0.5, 0.6) is 0 Å². The first-order chi connectivity index (χ1) is 10.6. The molecule has 2 rings (SSSR count). The van der Waals surface area contributed by atoms with Crippen LogP contribution >= 0.6 is 0 Å². The van der Waals surface area contributed by atoms with Gasteiger partial charge >= 0.3 is 12.1 Å². The summed E-state index contributed by atoms with van der Waals surface area (Å²) in [6.45, 7) is 6.83. The number of nitrogens with zero attached hydrogens (tertiary/aromatic N) is 1. The van der Waals surface area contributed by atoms with Gasteiger partial charge in [-0.25, -0.2) is 0 Å². The van der Waals surface area contributed by atoms with Crippen LogP contribution in [0.3, 0.4) is 0 Å². The number of allylic oxidation sites excluding steroid dienone is 1. The zero-order valence-corrected chi connectivity index (χ0v) is 13.0. The number of carbonyl (C=O) groups excluding carboxylic acids is 1. The van der Waals surface area contributed by atoms with Crippen LogP contribution in [0.1, 0.15) is 25.1 Å². The average Bonchev–Trinajstić information content (AvgIpc) is 2.79. The monoisotopic (exact) mass is 325 g/mol. The topological polar surface area (TPSA) is 31.2 Å². The first-order valence-corrected chi connectivity index (χ1v) is 7.12. The van der Waals surface area contributed by atoms with E-state index in [9.17, 15) is 18.0 Å². The quantitative estimate of drug-likeness (QED) is 0.470. The zero-order valence-electron chi connectivity index (χ0n) is 13.0. The number of halogens is 3. The minimum absolute atomic E-state index is 0.0110. The summed E-state index contributed by atoms with van der Waals surface area (Å²) >= 11 is 0. The molecule has 0 N–H and O–H groups in total. The second-order valence-corrected chi connectivity index (χ2v) is 6.19. The highest BCUT2D eigenvalue weighted by molar-refractivity contribution is 5.78. The minimum atomic E-state index is -4.56. The first kappa shape index (κ1) is 17.2. The molecule has 0 saturated heterocycles. The maximum Gasteiger partial charge on any atom is 0.431 e. The van der Waals surface area contributed by atoms with Gasteiger partial charge in [0.1, 0.15) is 12.3 Å². The summed E-state index contributed by atoms with van der Waals surface area (Å²) in [5.41, 5.74) is -1.24. The Morgan fingerprint density at radius 3 is 2.70 bits per heavy atom. The van der Waals surface area contributed by atoms with Crippen molar-refractivity contribution in [1.82, 2.24) is 4.57 Å². The second-order valence-electron chi connectivity index (χ2n) is 6.19. The summed E-state index contributed by atoms with van der Waals surface area (Å²) in [7, 11) is 0. The number of ether oxygens (including phenoxy) is 1. The van der Waals surface area contributed by atoms with Crippen molar-refractivity contribution in [2.45, 2.75) is 33.2 Å². The minimum Gasteiger partial charge on any atom is -0.460 e. The highest BCUT2D eigenvalue weighted by atomic mass is 19.4. The first-order valence-electron chi connectivity index (χ1n) is 7.12. The fourth-order valence-corrected chi connectivity index (χ4v) is 3.02. The molecule has 1 aromatic rings. The van der Waals surface area contributed by atoms with E-state index in [2.05, 4.69) is 12.5 Å². The van der Waals surface area contributed by atoms with Gasteiger partial charge in [-0.2, -0.15) is 13.2 Å². The number of hydrogen-bond donors (Lipinski definition) is 0. The predicted octanol–water partition coefficient (Wildman–Crippen LogP) is 3.64. The molecule has 0 aromatic carbocycles. The van der Waals surface area contributed by atoms with Crippen molar-refractivity contribution in [3.05, 3.63) is 36.2 Å². The Labute approximate surface area is 133 Å². The van der Waals surface area contributed by atoms with Gasteiger partial charge in [0.25, 0.3) is 0 Å². The third-order valence-electron chi connectivity index (χ3n) is 4.37. The summed E-state index contributed by atoms with van der Waals surface area (Å²) in [6, 6.07) is 1.27. The van der Waals surface area contributed by atoms with E-state index in [-0.39, 0.29) is 29.4 Å². The van der Waals surface area contributed by atoms with Crippen LogP contribution < -0.4 is 0 Å². The number of alkyl halides is 3. The van der Waals surface area contributed by atoms with E-state index in [4.69, 9.17) is 11.2 Å². The zero-order chi connectivity index (χ0) is 17.4. The molecule has 1 aromatic heterocycles. The van der Waals surface area contributed by atoms with Crippen molar-refractivity contribution in [2.75, 3.05) is 0 Å². The lowest BCUT2D eigenvalue weighted by molar-refractivity contribution is -0.151. The molecule has 0 spiro atoms. The van der Waals surface area contributed by atoms with Crippen LogP contribution in [0.4, 0.5) is 13.2 Å². The van der Waals surface area contributed by atoms with Gasteiger partial charge in [-0.15, -0.1) is 13.0 Å². The highest BCUT2D eigenvalue weighted by Gasteiger charge is 2.61. The molecular weight excluding hydrogens is 307 g/mol. The molecule has 124 valence electrons. The van der Waals surface area contributed by atoms with Gasteiger partial charge in [-0.05, 0) is 17.4 Å². The van der Waals surface area contributed by atoms with Gasteiger partial charge in [0, 0.05) is 11.8 Å². The SMILES string of the molecule is C#CCn1ccc(COC(=O)[C@H]2[C@@H](C=C)C2(C)C)c1C(F)(F)F. The Morgan fingerprint density at radius 1 is 1.57 bits per heavy atom. The molecule has 1 saturated carbocycles. The standard InChI is InChI=1S/C17H18F3NO2/c1-5-8-21-9-7-11(14(21)17(18,19)20)10-23-15(22)13-12(6-2)16(13,3)4/h1,6-7,9,12-13H,2,8,10H2,3-4H3/t12-,13-/m1/s1. The molecule has 0 aliphatic heterocycles. The van der Waals surface area contributed by atoms with E-state index >= 15 is 0 Å². The largest absolute Gasteiger partial charge is 0.460 e. The maximum absolute atomic E-state index is 13.2. The Morgan fingerprint density at radius 2 is 2.22 bits per heavy atom. The lowest BCUT2D eigenvalue weighted by Crippen LogP contribution is -2.17. The summed E-state index contributed by atoms with van der Waals surface area (Å²) in [4.78, 5) is 12.1. The smallest absolute Gasteiger partial charge is 0.431 e. The van der Waals surface area contributed by atoms with Crippen LogP contribution in [0.2, 0.25) is 0 Å². The second kappa shape index (κ2) is 5.80. The van der Waals surface area contributed by atoms with E-state index in [1.165, 1.54) is 12.3 Å². The maximum atomic E-state index is 13.2. The third-order valence-corrected chi connectivity index (χ3v) is 4.37. The van der Waals surface area contributed by atoms with Crippen LogP contribution in [0.15, 0.2) is 24.9 Å². The molecular formula is C17H18F3NO2. The van der Waals surface area contributed by atoms with Crippen LogP contribution in [-0.4, -0.2) is 10.5 Å². The number of terminal acetylenes is 1. The van der Waals surface area contributed by atoms with Crippen LogP contribution in [0, 0.1) is 29.6 Å². The molecule has 1 aliphatic carbocycles. The number of carbonyl (C=O) groups is 1. The Kier molecular flexibility index (Phi) is 4.34. The Bertz CT molecular complexity index is 664. The van der Waals surface area contributed by atoms with E-state index in [1.807, 2.05) is 13.8 Å². The molecule has 0 amide bonds. The molecule has 1 heterocycles. The van der Waals surface area contributed by atoms with Crippen molar-refractivity contribution in [3.8, 4) is 12.3 Å². The van der Waals surface area contributed by atoms with Gasteiger partial charge in [0.05, 0.1) is 12.5 Å². The molecule has 3 nitrogen and oxygen atoms in total. The van der Waals surface area contributed by atoms with Crippen LogP contribution in [-0.2, 0) is 28.9 Å². The Balaban J connectivity index is 2.12. The molecule has 6 heteroatoms. The molecule has 1 fully saturated rings. The van der Waals surface area contributed by atoms with Crippen molar-refractivity contribution in [1.29, 1.82) is 0 Å². The van der Waals surface area contributed by atoms with Gasteiger partial charge in [-0.1, -0.05) is 25.8 Å². The van der Waals surface area contributed by atoms with Gasteiger partial charge in [0.15, 0.2) is 0 Å². The number of esters is 1. The Hall–Kier alpha value is -2.16. The molecule has 23 heavy (non-hydrogen) atoms. The third kappa shape index (κ3) is 3.14. The van der Waals surface area contributed by atoms with Crippen molar-refractivity contribution in [2.24, 2.45) is 17.3 Å². The van der Waals surface area contributed by atoms with E-state index in [0.717, 1.165) is 4.57 Å². The molecule has 0 bridgehead atoms. The number of aromatic nitrogens is 1. The summed E-state index contributed by atoms with van der Waals surface area (Å²) in [5.74, 6) is 1.30. The molecule has 0 unspecified atom stereocenters. The predicted molar refractivity (Wildman–Crippen MR) is 79.0 cm³/mol. The highest BCUT2D eigenvalue weighted by Crippen LogP contribution is 2.59. The van der Waals surface area contributed by atoms with Gasteiger partial charge in [-0.3, -0.25) is 4.79 Å². The molecule has 0 radical (unpaired) electrons. The van der Waals surface area contributed by atoms with Gasteiger partial charge < -0.3 is 9.30 Å². The lowest BCUT2D eigenvalue weighted by Gasteiger charge is -2.13. The molecule has 2 atom stereocenters. The van der Waals surface area contributed by atoms with Crippen molar-refractivity contribution < 1.29 is 22.7 Å². The molecule has 1 aliphatic rings. The summed E-state index contributed by atoms with van der Waals surface area (Å²) < 4.78 is 45.5. The number of hydrogen-bond acceptors (Lipinski definition) is 2. The summed E-state index contributed by atoms with van der Waals surface area (Å²) in [5, 5.41) is 0. The lowest BCUT2D eigenvalue weighted by atomic mass is 10.1. The van der Waals surface area contributed by atoms with Crippen molar-refractivity contribution >= 4 is 5.97 Å². The van der Waals surface area contributed by atoms with E-state index in [0.29, 0.717) is 0 Å². The fraction of sp³-hybridized carbons (Fsp3) is 0.471. The summed E-state index contributed by atoms with van der Waals surface area (Å²) in [6.07, 6.45) is 3.44. The fourth-order valence-electron chi connectivity index (χ4n) is 3.02. The van der Waals surface area contributed by atoms with Crippen LogP contribution in [0.25, 0.3) is 0 Å². The van der Waals surface area contributed by atoms with Gasteiger partial charge in [0.2, 0.25) is 0 Å². The normalized spacial score (nSPS) is 22.3. The number of rotatable bonds is 5.